The van der Waals surface area contributed by atoms with Gasteiger partial charge in [0.05, 0.1) is 0 Å². The van der Waals surface area contributed by atoms with Crippen LogP contribution in [0, 0.1) is 0 Å². The van der Waals surface area contributed by atoms with Gasteiger partial charge in [-0.2, -0.15) is 15.0 Å². The van der Waals surface area contributed by atoms with Crippen LogP contribution in [0.5, 0.6) is 0 Å². The topological polar surface area (TPSA) is 80.0 Å². The van der Waals surface area contributed by atoms with E-state index in [0.717, 1.165) is 12.2 Å². The Bertz CT molecular complexity index is 316. The predicted molar refractivity (Wildman–Crippen MR) is 63.0 cm³/mol. The first kappa shape index (κ1) is 12.0. The van der Waals surface area contributed by atoms with Gasteiger partial charge in [-0.3, -0.25) is 5.43 Å². The van der Waals surface area contributed by atoms with Gasteiger partial charge in [-0.25, -0.2) is 5.84 Å². The Morgan fingerprint density at radius 1 is 1.33 bits per heavy atom. The van der Waals surface area contributed by atoms with Crippen molar-refractivity contribution in [3.8, 4) is 0 Å². The maximum Gasteiger partial charge on any atom is 0.242 e. The maximum atomic E-state index is 5.29. The third-order valence-electron chi connectivity index (χ3n) is 1.57. The zero-order valence-corrected chi connectivity index (χ0v) is 10.0. The van der Waals surface area contributed by atoms with E-state index in [1.165, 1.54) is 0 Å². The van der Waals surface area contributed by atoms with Gasteiger partial charge in [0.2, 0.25) is 11.9 Å². The zero-order valence-electron chi connectivity index (χ0n) is 9.19. The number of hydrazine groups is 1. The SMILES string of the molecule is CCCSc1nc(NN)nc(N(C)C)n1. The highest BCUT2D eigenvalue weighted by atomic mass is 32.2. The summed E-state index contributed by atoms with van der Waals surface area (Å²) >= 11 is 1.60. The quantitative estimate of drug-likeness (QED) is 0.437. The number of hydrogen-bond acceptors (Lipinski definition) is 7. The third-order valence-corrected chi connectivity index (χ3v) is 2.62. The van der Waals surface area contributed by atoms with Gasteiger partial charge in [-0.1, -0.05) is 18.7 Å². The Hall–Kier alpha value is -1.08. The van der Waals surface area contributed by atoms with Crippen LogP contribution >= 0.6 is 11.8 Å². The second kappa shape index (κ2) is 5.72. The van der Waals surface area contributed by atoms with E-state index in [1.807, 2.05) is 19.0 Å². The highest BCUT2D eigenvalue weighted by Crippen LogP contribution is 2.17. The van der Waals surface area contributed by atoms with E-state index in [2.05, 4.69) is 27.3 Å². The molecule has 1 aromatic heterocycles. The molecule has 7 heteroatoms. The molecule has 84 valence electrons. The van der Waals surface area contributed by atoms with E-state index in [0.29, 0.717) is 17.1 Å². The average molecular weight is 228 g/mol. The molecule has 0 aromatic carbocycles. The lowest BCUT2D eigenvalue weighted by Gasteiger charge is -2.11. The van der Waals surface area contributed by atoms with Gasteiger partial charge in [0.1, 0.15) is 0 Å². The fourth-order valence-corrected chi connectivity index (χ4v) is 1.55. The maximum absolute atomic E-state index is 5.29. The normalized spacial score (nSPS) is 10.1. The summed E-state index contributed by atoms with van der Waals surface area (Å²) in [5.41, 5.74) is 2.44. The molecule has 0 amide bonds. The summed E-state index contributed by atoms with van der Waals surface area (Å²) in [6, 6.07) is 0. The van der Waals surface area contributed by atoms with E-state index in [-0.39, 0.29) is 0 Å². The first-order chi connectivity index (χ1) is 7.17. The molecule has 3 N–H and O–H groups in total. The standard InChI is InChI=1S/C8H16N6S/c1-4-5-15-8-11-6(13-9)10-7(12-8)14(2)3/h4-5,9H2,1-3H3,(H,10,11,12,13). The van der Waals surface area contributed by atoms with Crippen molar-refractivity contribution in [1.82, 2.24) is 15.0 Å². The van der Waals surface area contributed by atoms with Gasteiger partial charge in [0, 0.05) is 19.8 Å². The lowest BCUT2D eigenvalue weighted by atomic mass is 10.6. The Morgan fingerprint density at radius 3 is 2.60 bits per heavy atom. The molecule has 0 atom stereocenters. The summed E-state index contributed by atoms with van der Waals surface area (Å²) in [5, 5.41) is 0.698. The molecule has 1 heterocycles. The molecule has 0 unspecified atom stereocenters. The van der Waals surface area contributed by atoms with Crippen molar-refractivity contribution in [3.63, 3.8) is 0 Å². The van der Waals surface area contributed by atoms with Gasteiger partial charge in [0.25, 0.3) is 0 Å². The highest BCUT2D eigenvalue weighted by molar-refractivity contribution is 7.99. The van der Waals surface area contributed by atoms with Crippen LogP contribution in [0.4, 0.5) is 11.9 Å². The molecule has 0 spiro atoms. The number of thioether (sulfide) groups is 1. The van der Waals surface area contributed by atoms with Crippen molar-refractivity contribution in [3.05, 3.63) is 0 Å². The Morgan fingerprint density at radius 2 is 2.07 bits per heavy atom. The minimum Gasteiger partial charge on any atom is -0.347 e. The lowest BCUT2D eigenvalue weighted by Crippen LogP contribution is -2.17. The van der Waals surface area contributed by atoms with E-state index in [1.54, 1.807) is 11.8 Å². The number of aromatic nitrogens is 3. The van der Waals surface area contributed by atoms with Crippen LogP contribution in [0.15, 0.2) is 5.16 Å². The first-order valence-electron chi connectivity index (χ1n) is 4.70. The number of rotatable bonds is 5. The molecule has 0 aliphatic heterocycles. The van der Waals surface area contributed by atoms with E-state index < -0.39 is 0 Å². The molecule has 1 aromatic rings. The van der Waals surface area contributed by atoms with Crippen LogP contribution in [-0.2, 0) is 0 Å². The molecule has 0 radical (unpaired) electrons. The van der Waals surface area contributed by atoms with Crippen LogP contribution in [0.3, 0.4) is 0 Å². The second-order valence-corrected chi connectivity index (χ2v) is 4.19. The highest BCUT2D eigenvalue weighted by Gasteiger charge is 2.07. The van der Waals surface area contributed by atoms with Crippen LogP contribution in [0.2, 0.25) is 0 Å². The molecule has 0 aliphatic carbocycles. The van der Waals surface area contributed by atoms with Gasteiger partial charge in [-0.15, -0.1) is 0 Å². The molecule has 0 saturated carbocycles. The summed E-state index contributed by atoms with van der Waals surface area (Å²) in [4.78, 5) is 14.4. The second-order valence-electron chi connectivity index (χ2n) is 3.13. The van der Waals surface area contributed by atoms with Crippen LogP contribution in [0.1, 0.15) is 13.3 Å². The van der Waals surface area contributed by atoms with Gasteiger partial charge in [0.15, 0.2) is 5.16 Å². The molecule has 1 rings (SSSR count). The van der Waals surface area contributed by atoms with Crippen molar-refractivity contribution < 1.29 is 0 Å². The average Bonchev–Trinajstić information content (AvgIpc) is 2.25. The molecule has 0 bridgehead atoms. The fourth-order valence-electron chi connectivity index (χ4n) is 0.868. The Balaban J connectivity index is 2.90. The van der Waals surface area contributed by atoms with Crippen molar-refractivity contribution in [1.29, 1.82) is 0 Å². The zero-order chi connectivity index (χ0) is 11.3. The third kappa shape index (κ3) is 3.52. The lowest BCUT2D eigenvalue weighted by molar-refractivity contribution is 0.864. The summed E-state index contributed by atoms with van der Waals surface area (Å²) in [5.74, 6) is 7.28. The molecule has 0 fully saturated rings. The number of nitrogen functional groups attached to an aromatic ring is 1. The Labute approximate surface area is 93.7 Å². The molecule has 6 nitrogen and oxygen atoms in total. The number of nitrogens with zero attached hydrogens (tertiary/aromatic N) is 4. The largest absolute Gasteiger partial charge is 0.347 e. The van der Waals surface area contributed by atoms with Crippen molar-refractivity contribution in [2.45, 2.75) is 18.5 Å². The summed E-state index contributed by atoms with van der Waals surface area (Å²) < 4.78 is 0. The van der Waals surface area contributed by atoms with Crippen molar-refractivity contribution in [2.75, 3.05) is 30.2 Å². The number of nitrogens with two attached hydrogens (primary N) is 1. The molecular weight excluding hydrogens is 212 g/mol. The van der Waals surface area contributed by atoms with Crippen LogP contribution < -0.4 is 16.2 Å². The minimum absolute atomic E-state index is 0.396. The number of nitrogens with one attached hydrogen (secondary N) is 1. The van der Waals surface area contributed by atoms with E-state index >= 15 is 0 Å². The fraction of sp³-hybridized carbons (Fsp3) is 0.625. The van der Waals surface area contributed by atoms with Crippen molar-refractivity contribution in [2.24, 2.45) is 5.84 Å². The van der Waals surface area contributed by atoms with E-state index in [9.17, 15) is 0 Å². The Kier molecular flexibility index (Phi) is 4.57. The smallest absolute Gasteiger partial charge is 0.242 e. The van der Waals surface area contributed by atoms with Gasteiger partial charge in [-0.05, 0) is 6.42 Å². The summed E-state index contributed by atoms with van der Waals surface area (Å²) in [6.07, 6.45) is 1.08. The molecule has 15 heavy (non-hydrogen) atoms. The first-order valence-corrected chi connectivity index (χ1v) is 5.68. The number of anilines is 2. The molecular formula is C8H16N6S. The summed E-state index contributed by atoms with van der Waals surface area (Å²) in [7, 11) is 3.76. The number of hydrogen-bond donors (Lipinski definition) is 2. The van der Waals surface area contributed by atoms with Gasteiger partial charge < -0.3 is 4.90 Å². The minimum atomic E-state index is 0.396. The predicted octanol–water partition coefficient (Wildman–Crippen LogP) is 0.725. The van der Waals surface area contributed by atoms with Crippen molar-refractivity contribution >= 4 is 23.7 Å². The monoisotopic (exact) mass is 228 g/mol. The van der Waals surface area contributed by atoms with E-state index in [4.69, 9.17) is 5.84 Å². The van der Waals surface area contributed by atoms with Crippen LogP contribution in [0.25, 0.3) is 0 Å². The molecule has 0 aliphatic rings. The summed E-state index contributed by atoms with van der Waals surface area (Å²) in [6.45, 7) is 2.11. The van der Waals surface area contributed by atoms with Gasteiger partial charge >= 0.3 is 0 Å². The van der Waals surface area contributed by atoms with Crippen LogP contribution in [-0.4, -0.2) is 34.8 Å². The molecule has 0 saturated heterocycles.